The highest BCUT2D eigenvalue weighted by Gasteiger charge is 2.24. The number of hydrogen-bond donors (Lipinski definition) is 0. The molecule has 0 aliphatic heterocycles. The first-order valence-corrected chi connectivity index (χ1v) is 7.27. The van der Waals surface area contributed by atoms with Gasteiger partial charge in [-0.25, -0.2) is 9.79 Å². The number of nitrogens with zero attached hydrogens (tertiary/aromatic N) is 1. The fraction of sp³-hybridized carbons (Fsp3) is 0.889. The molecule has 0 aliphatic carbocycles. The van der Waals surface area contributed by atoms with Gasteiger partial charge in [0.2, 0.25) is 6.08 Å². The predicted molar refractivity (Wildman–Crippen MR) is 62.5 cm³/mol. The Morgan fingerprint density at radius 1 is 1.40 bits per heavy atom. The highest BCUT2D eigenvalue weighted by molar-refractivity contribution is 6.48. The van der Waals surface area contributed by atoms with Gasteiger partial charge in [0.05, 0.1) is 6.54 Å². The van der Waals surface area contributed by atoms with E-state index < -0.39 is 9.28 Å². The maximum Gasteiger partial charge on any atom is 0.325 e. The number of aliphatic imine (C=N–C) groups is 1. The molecule has 0 radical (unpaired) electrons. The number of hydrogen-bond acceptors (Lipinski definition) is 4. The van der Waals surface area contributed by atoms with Gasteiger partial charge in [-0.1, -0.05) is 0 Å². The molecule has 6 heteroatoms. The number of isocyanates is 1. The molecule has 1 unspecified atom stereocenters. The van der Waals surface area contributed by atoms with Gasteiger partial charge in [0.1, 0.15) is 0 Å². The smallest absolute Gasteiger partial charge is 0.325 e. The number of halogens is 1. The molecule has 0 bridgehead atoms. The topological polar surface area (TPSA) is 47.9 Å². The molecule has 88 valence electrons. The van der Waals surface area contributed by atoms with E-state index in [1.165, 1.54) is 6.08 Å². The normalized spacial score (nSPS) is 12.5. The van der Waals surface area contributed by atoms with E-state index in [9.17, 15) is 4.79 Å². The van der Waals surface area contributed by atoms with Gasteiger partial charge < -0.3 is 8.85 Å². The lowest BCUT2D eigenvalue weighted by atomic mass is 10.3. The van der Waals surface area contributed by atoms with Crippen molar-refractivity contribution in [3.05, 3.63) is 0 Å². The minimum atomic E-state index is -1.71. The summed E-state index contributed by atoms with van der Waals surface area (Å²) in [4.78, 5) is 13.4. The predicted octanol–water partition coefficient (Wildman–Crippen LogP) is 1.61. The Morgan fingerprint density at radius 2 is 2.00 bits per heavy atom. The molecular weight excluding hydrogens is 234 g/mol. The van der Waals surface area contributed by atoms with Crippen molar-refractivity contribution in [1.29, 1.82) is 0 Å². The Labute approximate surface area is 97.5 Å². The minimum absolute atomic E-state index is 0.198. The molecule has 0 heterocycles. The quantitative estimate of drug-likeness (QED) is 0.271. The van der Waals surface area contributed by atoms with Crippen molar-refractivity contribution in [3.63, 3.8) is 0 Å². The highest BCUT2D eigenvalue weighted by Crippen LogP contribution is 2.19. The van der Waals surface area contributed by atoms with Crippen LogP contribution in [0.2, 0.25) is 5.54 Å². The van der Waals surface area contributed by atoms with E-state index >= 15 is 0 Å². The van der Waals surface area contributed by atoms with Crippen molar-refractivity contribution < 1.29 is 13.6 Å². The molecule has 0 aromatic carbocycles. The van der Waals surface area contributed by atoms with Crippen LogP contribution in [-0.2, 0) is 13.6 Å². The standard InChI is InChI=1S/C9H18ClNO3Si/c1-3-13-15(14-4-2)9(7-10)5-6-11-8-12/h9,15H,3-7H2,1-2H3. The molecule has 0 aromatic heterocycles. The summed E-state index contributed by atoms with van der Waals surface area (Å²) in [5.41, 5.74) is 0.198. The fourth-order valence-corrected chi connectivity index (χ4v) is 3.67. The Morgan fingerprint density at radius 3 is 2.40 bits per heavy atom. The second-order valence-corrected chi connectivity index (χ2v) is 5.61. The summed E-state index contributed by atoms with van der Waals surface area (Å²) in [6.07, 6.45) is 2.25. The molecule has 0 aliphatic rings. The van der Waals surface area contributed by atoms with Gasteiger partial charge in [0, 0.05) is 24.6 Å². The van der Waals surface area contributed by atoms with Crippen LogP contribution in [0, 0.1) is 0 Å². The van der Waals surface area contributed by atoms with Gasteiger partial charge in [0.25, 0.3) is 0 Å². The van der Waals surface area contributed by atoms with Crippen LogP contribution in [0.4, 0.5) is 0 Å². The zero-order chi connectivity index (χ0) is 11.5. The number of rotatable bonds is 9. The fourth-order valence-electron chi connectivity index (χ4n) is 1.21. The van der Waals surface area contributed by atoms with Gasteiger partial charge in [-0.2, -0.15) is 0 Å². The van der Waals surface area contributed by atoms with Crippen molar-refractivity contribution in [2.45, 2.75) is 25.8 Å². The van der Waals surface area contributed by atoms with E-state index in [-0.39, 0.29) is 5.54 Å². The van der Waals surface area contributed by atoms with Crippen LogP contribution in [0.15, 0.2) is 4.99 Å². The Hall–Kier alpha value is -0.193. The lowest BCUT2D eigenvalue weighted by molar-refractivity contribution is 0.204. The van der Waals surface area contributed by atoms with Crippen molar-refractivity contribution in [1.82, 2.24) is 0 Å². The van der Waals surface area contributed by atoms with E-state index in [1.54, 1.807) is 0 Å². The Bertz CT molecular complexity index is 194. The average Bonchev–Trinajstić information content (AvgIpc) is 2.24. The minimum Gasteiger partial charge on any atom is -0.397 e. The molecule has 1 atom stereocenters. The molecule has 0 N–H and O–H groups in total. The van der Waals surface area contributed by atoms with Crippen molar-refractivity contribution in [2.75, 3.05) is 25.6 Å². The summed E-state index contributed by atoms with van der Waals surface area (Å²) in [6.45, 7) is 5.61. The largest absolute Gasteiger partial charge is 0.397 e. The van der Waals surface area contributed by atoms with E-state index in [0.29, 0.717) is 25.6 Å². The second kappa shape index (κ2) is 10.3. The molecule has 0 aromatic rings. The van der Waals surface area contributed by atoms with Gasteiger partial charge in [0.15, 0.2) is 0 Å². The number of alkyl halides is 1. The summed E-state index contributed by atoms with van der Waals surface area (Å²) in [6, 6.07) is 0. The first kappa shape index (κ1) is 14.8. The van der Waals surface area contributed by atoms with Gasteiger partial charge in [-0.05, 0) is 20.3 Å². The Kier molecular flexibility index (Phi) is 10.2. The molecule has 0 saturated heterocycles. The van der Waals surface area contributed by atoms with E-state index in [4.69, 9.17) is 20.5 Å². The molecule has 0 rings (SSSR count). The van der Waals surface area contributed by atoms with Gasteiger partial charge in [-0.15, -0.1) is 11.6 Å². The molecule has 15 heavy (non-hydrogen) atoms. The summed E-state index contributed by atoms with van der Waals surface area (Å²) in [5.74, 6) is 0.491. The summed E-state index contributed by atoms with van der Waals surface area (Å²) in [5, 5.41) is 0. The Balaban J connectivity index is 4.10. The van der Waals surface area contributed by atoms with Crippen LogP contribution in [0.25, 0.3) is 0 Å². The van der Waals surface area contributed by atoms with Crippen LogP contribution < -0.4 is 0 Å². The van der Waals surface area contributed by atoms with Gasteiger partial charge >= 0.3 is 9.28 Å². The van der Waals surface area contributed by atoms with Crippen LogP contribution in [-0.4, -0.2) is 41.0 Å². The maximum atomic E-state index is 9.92. The maximum absolute atomic E-state index is 9.92. The van der Waals surface area contributed by atoms with Crippen molar-refractivity contribution in [3.8, 4) is 0 Å². The van der Waals surface area contributed by atoms with Crippen molar-refractivity contribution in [2.24, 2.45) is 4.99 Å². The first-order valence-electron chi connectivity index (χ1n) is 5.12. The van der Waals surface area contributed by atoms with E-state index in [0.717, 1.165) is 6.42 Å². The van der Waals surface area contributed by atoms with Crippen LogP contribution >= 0.6 is 11.6 Å². The molecule has 0 fully saturated rings. The third-order valence-corrected chi connectivity index (χ3v) is 5.28. The van der Waals surface area contributed by atoms with Crippen LogP contribution in [0.3, 0.4) is 0 Å². The second-order valence-electron chi connectivity index (χ2n) is 2.96. The monoisotopic (exact) mass is 251 g/mol. The third kappa shape index (κ3) is 6.81. The summed E-state index contributed by atoms with van der Waals surface area (Å²) < 4.78 is 11.1. The molecule has 0 amide bonds. The average molecular weight is 252 g/mol. The van der Waals surface area contributed by atoms with Gasteiger partial charge in [-0.3, -0.25) is 0 Å². The molecule has 4 nitrogen and oxygen atoms in total. The SMILES string of the molecule is CCO[SiH](OCC)C(CCl)CCN=C=O. The zero-order valence-electron chi connectivity index (χ0n) is 9.24. The summed E-state index contributed by atoms with van der Waals surface area (Å²) in [7, 11) is -1.71. The third-order valence-electron chi connectivity index (χ3n) is 1.92. The number of carbonyl (C=O) groups excluding carboxylic acids is 1. The summed E-state index contributed by atoms with van der Waals surface area (Å²) >= 11 is 5.85. The lowest BCUT2D eigenvalue weighted by Gasteiger charge is -2.22. The van der Waals surface area contributed by atoms with Crippen LogP contribution in [0.1, 0.15) is 20.3 Å². The van der Waals surface area contributed by atoms with E-state index in [2.05, 4.69) is 4.99 Å². The highest BCUT2D eigenvalue weighted by atomic mass is 35.5. The molecule has 0 spiro atoms. The molecule has 0 saturated carbocycles. The lowest BCUT2D eigenvalue weighted by Crippen LogP contribution is -2.30. The first-order chi connectivity index (χ1) is 7.29. The van der Waals surface area contributed by atoms with E-state index in [1.807, 2.05) is 13.8 Å². The zero-order valence-corrected chi connectivity index (χ0v) is 11.2. The van der Waals surface area contributed by atoms with Crippen LogP contribution in [0.5, 0.6) is 0 Å². The molecular formula is C9H18ClNO3Si. The van der Waals surface area contributed by atoms with Crippen molar-refractivity contribution >= 4 is 27.0 Å².